The van der Waals surface area contributed by atoms with Crippen LogP contribution in [0.2, 0.25) is 0 Å². The molecule has 1 N–H and O–H groups in total. The summed E-state index contributed by atoms with van der Waals surface area (Å²) in [5, 5.41) is 3.62. The normalized spacial score (nSPS) is 27.2. The molecule has 3 nitrogen and oxygen atoms in total. The molecule has 0 spiro atoms. The van der Waals surface area contributed by atoms with E-state index in [0.29, 0.717) is 18.1 Å². The second-order valence-electron chi connectivity index (χ2n) is 6.79. The smallest absolute Gasteiger partial charge is 0.235 e. The zero-order chi connectivity index (χ0) is 15.7. The van der Waals surface area contributed by atoms with E-state index in [4.69, 9.17) is 0 Å². The van der Waals surface area contributed by atoms with E-state index in [2.05, 4.69) is 36.5 Å². The lowest BCUT2D eigenvalue weighted by molar-refractivity contribution is -0.131. The van der Waals surface area contributed by atoms with Gasteiger partial charge in [-0.3, -0.25) is 4.79 Å². The Kier molecular flexibility index (Phi) is 6.40. The summed E-state index contributed by atoms with van der Waals surface area (Å²) in [4.78, 5) is 15.9. The number of amides is 1. The molecule has 0 aliphatic carbocycles. The number of benzene rings is 1. The van der Waals surface area contributed by atoms with Crippen LogP contribution in [0.4, 0.5) is 0 Å². The van der Waals surface area contributed by atoms with Crippen LogP contribution in [0.25, 0.3) is 0 Å². The first-order valence-electron chi connectivity index (χ1n) is 8.29. The van der Waals surface area contributed by atoms with Gasteiger partial charge >= 0.3 is 0 Å². The highest BCUT2D eigenvalue weighted by Gasteiger charge is 2.37. The number of nitrogens with zero attached hydrogens (tertiary/aromatic N) is 1. The highest BCUT2D eigenvalue weighted by atomic mass is 35.5. The lowest BCUT2D eigenvalue weighted by atomic mass is 9.98. The van der Waals surface area contributed by atoms with Crippen molar-refractivity contribution in [1.29, 1.82) is 0 Å². The van der Waals surface area contributed by atoms with Gasteiger partial charge in [-0.2, -0.15) is 0 Å². The number of rotatable bonds is 4. The Balaban J connectivity index is 0.00000192. The van der Waals surface area contributed by atoms with E-state index < -0.39 is 0 Å². The van der Waals surface area contributed by atoms with E-state index in [9.17, 15) is 4.79 Å². The molecule has 1 aromatic rings. The predicted octanol–water partition coefficient (Wildman–Crippen LogP) is 3.64. The number of fused-ring (bicyclic) bond motifs is 2. The van der Waals surface area contributed by atoms with Crippen LogP contribution in [0.15, 0.2) is 29.2 Å². The SMILES string of the molecule is Cc1ccc(SC(C)C(=O)N(C)C2CC3CCC(C2)N3)cc1.Cl. The molecule has 2 aliphatic rings. The Hall–Kier alpha value is -0.710. The van der Waals surface area contributed by atoms with Crippen molar-refractivity contribution in [1.82, 2.24) is 10.2 Å². The molecule has 23 heavy (non-hydrogen) atoms. The van der Waals surface area contributed by atoms with E-state index in [-0.39, 0.29) is 23.6 Å². The topological polar surface area (TPSA) is 32.3 Å². The van der Waals surface area contributed by atoms with Crippen molar-refractivity contribution in [3.8, 4) is 0 Å². The lowest BCUT2D eigenvalue weighted by Gasteiger charge is -2.36. The fraction of sp³-hybridized carbons (Fsp3) is 0.611. The second-order valence-corrected chi connectivity index (χ2v) is 8.20. The molecule has 3 unspecified atom stereocenters. The summed E-state index contributed by atoms with van der Waals surface area (Å²) in [6, 6.07) is 10.1. The molecule has 5 heteroatoms. The molecule has 0 saturated carbocycles. The maximum Gasteiger partial charge on any atom is 0.235 e. The van der Waals surface area contributed by atoms with Crippen LogP contribution < -0.4 is 5.32 Å². The zero-order valence-electron chi connectivity index (χ0n) is 14.1. The third kappa shape index (κ3) is 4.43. The predicted molar refractivity (Wildman–Crippen MR) is 99.5 cm³/mol. The molecule has 1 amide bonds. The quantitative estimate of drug-likeness (QED) is 0.838. The summed E-state index contributed by atoms with van der Waals surface area (Å²) in [6.45, 7) is 4.11. The Morgan fingerprint density at radius 3 is 2.35 bits per heavy atom. The van der Waals surface area contributed by atoms with Crippen molar-refractivity contribution in [3.05, 3.63) is 29.8 Å². The molecule has 2 heterocycles. The Bertz CT molecular complexity index is 524. The average molecular weight is 355 g/mol. The van der Waals surface area contributed by atoms with Crippen LogP contribution in [-0.2, 0) is 4.79 Å². The van der Waals surface area contributed by atoms with Crippen molar-refractivity contribution in [2.45, 2.75) is 67.8 Å². The number of piperidine rings is 1. The van der Waals surface area contributed by atoms with Gasteiger partial charge in [0.15, 0.2) is 0 Å². The summed E-state index contributed by atoms with van der Waals surface area (Å²) in [5.74, 6) is 0.261. The van der Waals surface area contributed by atoms with Crippen molar-refractivity contribution >= 4 is 30.1 Å². The van der Waals surface area contributed by atoms with E-state index in [1.54, 1.807) is 11.8 Å². The van der Waals surface area contributed by atoms with Gasteiger partial charge < -0.3 is 10.2 Å². The van der Waals surface area contributed by atoms with Gasteiger partial charge in [-0.1, -0.05) is 17.7 Å². The Morgan fingerprint density at radius 2 is 1.78 bits per heavy atom. The molecule has 0 aromatic heterocycles. The van der Waals surface area contributed by atoms with Gasteiger partial charge in [0.25, 0.3) is 0 Å². The number of hydrogen-bond acceptors (Lipinski definition) is 3. The lowest BCUT2D eigenvalue weighted by Crippen LogP contribution is -2.50. The maximum absolute atomic E-state index is 12.7. The van der Waals surface area contributed by atoms with Gasteiger partial charge in [0, 0.05) is 30.1 Å². The minimum absolute atomic E-state index is 0. The third-order valence-corrected chi connectivity index (χ3v) is 6.12. The Labute approximate surface area is 150 Å². The minimum Gasteiger partial charge on any atom is -0.342 e. The van der Waals surface area contributed by atoms with Crippen molar-refractivity contribution in [3.63, 3.8) is 0 Å². The van der Waals surface area contributed by atoms with Crippen LogP contribution in [-0.4, -0.2) is 41.2 Å². The molecule has 2 fully saturated rings. The van der Waals surface area contributed by atoms with Crippen molar-refractivity contribution in [2.75, 3.05) is 7.05 Å². The summed E-state index contributed by atoms with van der Waals surface area (Å²) < 4.78 is 0. The number of halogens is 1. The largest absolute Gasteiger partial charge is 0.342 e. The molecule has 2 saturated heterocycles. The van der Waals surface area contributed by atoms with E-state index in [0.717, 1.165) is 12.8 Å². The molecule has 3 rings (SSSR count). The second kappa shape index (κ2) is 7.91. The molecule has 3 atom stereocenters. The fourth-order valence-corrected chi connectivity index (χ4v) is 4.65. The van der Waals surface area contributed by atoms with E-state index in [1.807, 2.05) is 18.9 Å². The highest BCUT2D eigenvalue weighted by Crippen LogP contribution is 2.31. The number of hydrogen-bond donors (Lipinski definition) is 1. The van der Waals surface area contributed by atoms with Crippen molar-refractivity contribution in [2.24, 2.45) is 0 Å². The molecule has 1 aromatic carbocycles. The third-order valence-electron chi connectivity index (χ3n) is 5.03. The van der Waals surface area contributed by atoms with Gasteiger partial charge in [-0.25, -0.2) is 0 Å². The number of carbonyl (C=O) groups is 1. The van der Waals surface area contributed by atoms with Gasteiger partial charge in [-0.05, 0) is 51.7 Å². The Morgan fingerprint density at radius 1 is 1.22 bits per heavy atom. The highest BCUT2D eigenvalue weighted by molar-refractivity contribution is 8.00. The van der Waals surface area contributed by atoms with Gasteiger partial charge in [0.1, 0.15) is 0 Å². The molecular weight excluding hydrogens is 328 g/mol. The van der Waals surface area contributed by atoms with Gasteiger partial charge in [0.2, 0.25) is 5.91 Å². The molecule has 128 valence electrons. The number of aryl methyl sites for hydroxylation is 1. The summed E-state index contributed by atoms with van der Waals surface area (Å²) in [5.41, 5.74) is 1.26. The summed E-state index contributed by atoms with van der Waals surface area (Å²) >= 11 is 1.66. The van der Waals surface area contributed by atoms with Crippen LogP contribution in [0, 0.1) is 6.92 Å². The first-order valence-corrected chi connectivity index (χ1v) is 9.17. The van der Waals surface area contributed by atoms with Crippen LogP contribution in [0.3, 0.4) is 0 Å². The van der Waals surface area contributed by atoms with E-state index >= 15 is 0 Å². The van der Waals surface area contributed by atoms with E-state index in [1.165, 1.54) is 23.3 Å². The van der Waals surface area contributed by atoms with Gasteiger partial charge in [-0.15, -0.1) is 24.2 Å². The number of nitrogens with one attached hydrogen (secondary N) is 1. The fourth-order valence-electron chi connectivity index (χ4n) is 3.68. The summed E-state index contributed by atoms with van der Waals surface area (Å²) in [7, 11) is 1.99. The number of thioether (sulfide) groups is 1. The van der Waals surface area contributed by atoms with Crippen LogP contribution in [0.5, 0.6) is 0 Å². The molecular formula is C18H27ClN2OS. The zero-order valence-corrected chi connectivity index (χ0v) is 15.8. The first-order chi connectivity index (χ1) is 10.5. The standard InChI is InChI=1S/C18H26N2OS.ClH/c1-12-4-8-17(9-5-12)22-13(2)18(21)20(3)16-10-14-6-7-15(11-16)19-14;/h4-5,8-9,13-16,19H,6-7,10-11H2,1-3H3;1H. The minimum atomic E-state index is -0.0276. The van der Waals surface area contributed by atoms with Gasteiger partial charge in [0.05, 0.1) is 5.25 Å². The molecule has 0 radical (unpaired) electrons. The van der Waals surface area contributed by atoms with Crippen LogP contribution >= 0.6 is 24.2 Å². The molecule has 2 bridgehead atoms. The average Bonchev–Trinajstić information content (AvgIpc) is 2.86. The first kappa shape index (κ1) is 18.6. The summed E-state index contributed by atoms with van der Waals surface area (Å²) in [6.07, 6.45) is 4.77. The molecule has 2 aliphatic heterocycles. The maximum atomic E-state index is 12.7. The van der Waals surface area contributed by atoms with Crippen LogP contribution in [0.1, 0.15) is 38.2 Å². The van der Waals surface area contributed by atoms with Crippen molar-refractivity contribution < 1.29 is 4.79 Å². The monoisotopic (exact) mass is 354 g/mol. The number of carbonyl (C=O) groups excluding carboxylic acids is 1.